The van der Waals surface area contributed by atoms with Crippen molar-refractivity contribution in [1.29, 1.82) is 0 Å². The van der Waals surface area contributed by atoms with Crippen LogP contribution in [0.25, 0.3) is 0 Å². The predicted octanol–water partition coefficient (Wildman–Crippen LogP) is 3.05. The van der Waals surface area contributed by atoms with Gasteiger partial charge in [0.05, 0.1) is 6.42 Å². The molecule has 0 amide bonds. The van der Waals surface area contributed by atoms with Gasteiger partial charge in [-0.1, -0.05) is 29.3 Å². The molecule has 0 aromatic heterocycles. The van der Waals surface area contributed by atoms with Gasteiger partial charge in [-0.2, -0.15) is 0 Å². The van der Waals surface area contributed by atoms with Crippen molar-refractivity contribution >= 4 is 23.2 Å². The molecule has 16 heavy (non-hydrogen) atoms. The number of aryl methyl sites for hydroxylation is 1. The van der Waals surface area contributed by atoms with E-state index in [9.17, 15) is 9.59 Å². The van der Waals surface area contributed by atoms with Gasteiger partial charge in [0.2, 0.25) is 0 Å². The predicted molar refractivity (Wildman–Crippen MR) is 62.8 cm³/mol. The molecule has 0 N–H and O–H groups in total. The summed E-state index contributed by atoms with van der Waals surface area (Å²) in [5.74, 6) is 0.0267. The monoisotopic (exact) mass is 236 g/mol. The molecule has 0 aliphatic heterocycles. The fourth-order valence-corrected chi connectivity index (χ4v) is 2.45. The summed E-state index contributed by atoms with van der Waals surface area (Å²) in [5, 5.41) is 0.651. The highest BCUT2D eigenvalue weighted by atomic mass is 35.5. The van der Waals surface area contributed by atoms with Crippen molar-refractivity contribution < 1.29 is 9.59 Å². The van der Waals surface area contributed by atoms with Gasteiger partial charge in [-0.15, -0.1) is 0 Å². The first kappa shape index (κ1) is 11.3. The Morgan fingerprint density at radius 1 is 1.19 bits per heavy atom. The Morgan fingerprint density at radius 3 is 2.44 bits per heavy atom. The summed E-state index contributed by atoms with van der Waals surface area (Å²) in [7, 11) is 0. The summed E-state index contributed by atoms with van der Waals surface area (Å²) in [5.41, 5.74) is 2.04. The maximum atomic E-state index is 11.4. The van der Waals surface area contributed by atoms with Crippen LogP contribution in [0.1, 0.15) is 36.3 Å². The van der Waals surface area contributed by atoms with Gasteiger partial charge >= 0.3 is 0 Å². The Kier molecular flexibility index (Phi) is 3.10. The molecule has 1 aromatic rings. The SMILES string of the molecule is Cc1ccc(Cl)c(C2CC(=O)CC(=O)C2)c1. The summed E-state index contributed by atoms with van der Waals surface area (Å²) in [6, 6.07) is 5.73. The van der Waals surface area contributed by atoms with Crippen LogP contribution in [0.2, 0.25) is 5.02 Å². The number of carbonyl (C=O) groups is 2. The van der Waals surface area contributed by atoms with E-state index in [1.807, 2.05) is 25.1 Å². The second kappa shape index (κ2) is 4.38. The van der Waals surface area contributed by atoms with Crippen LogP contribution in [0.4, 0.5) is 0 Å². The Morgan fingerprint density at radius 2 is 1.81 bits per heavy atom. The van der Waals surface area contributed by atoms with E-state index in [4.69, 9.17) is 11.6 Å². The molecule has 0 saturated heterocycles. The van der Waals surface area contributed by atoms with Crippen molar-refractivity contribution in [3.63, 3.8) is 0 Å². The van der Waals surface area contributed by atoms with Crippen LogP contribution in [-0.4, -0.2) is 11.6 Å². The van der Waals surface area contributed by atoms with Crippen molar-refractivity contribution in [2.24, 2.45) is 0 Å². The summed E-state index contributed by atoms with van der Waals surface area (Å²) >= 11 is 6.10. The van der Waals surface area contributed by atoms with Crippen molar-refractivity contribution in [3.8, 4) is 0 Å². The molecule has 1 saturated carbocycles. The molecule has 1 aliphatic rings. The van der Waals surface area contributed by atoms with E-state index in [0.29, 0.717) is 17.9 Å². The topological polar surface area (TPSA) is 34.1 Å². The minimum Gasteiger partial charge on any atom is -0.299 e. The highest BCUT2D eigenvalue weighted by Crippen LogP contribution is 2.34. The summed E-state index contributed by atoms with van der Waals surface area (Å²) in [6.07, 6.45) is 0.976. The van der Waals surface area contributed by atoms with Crippen LogP contribution in [0.15, 0.2) is 18.2 Å². The van der Waals surface area contributed by atoms with E-state index in [1.165, 1.54) is 0 Å². The fraction of sp³-hybridized carbons (Fsp3) is 0.385. The van der Waals surface area contributed by atoms with Gasteiger partial charge in [0, 0.05) is 17.9 Å². The van der Waals surface area contributed by atoms with E-state index in [-0.39, 0.29) is 23.9 Å². The number of Topliss-reactive ketones (excluding diaryl/α,β-unsaturated/α-hetero) is 2. The summed E-state index contributed by atoms with van der Waals surface area (Å²) in [4.78, 5) is 22.8. The van der Waals surface area contributed by atoms with Crippen molar-refractivity contribution in [2.75, 3.05) is 0 Å². The van der Waals surface area contributed by atoms with Gasteiger partial charge < -0.3 is 0 Å². The van der Waals surface area contributed by atoms with Gasteiger partial charge in [-0.05, 0) is 24.5 Å². The first-order valence-corrected chi connectivity index (χ1v) is 5.73. The number of hydrogen-bond donors (Lipinski definition) is 0. The first-order chi connectivity index (χ1) is 7.56. The molecule has 0 bridgehead atoms. The zero-order valence-electron chi connectivity index (χ0n) is 9.13. The summed E-state index contributed by atoms with van der Waals surface area (Å²) in [6.45, 7) is 1.98. The second-order valence-electron chi connectivity index (χ2n) is 4.38. The van der Waals surface area contributed by atoms with Crippen LogP contribution in [0.5, 0.6) is 0 Å². The van der Waals surface area contributed by atoms with E-state index in [1.54, 1.807) is 0 Å². The number of rotatable bonds is 1. The van der Waals surface area contributed by atoms with Crippen LogP contribution >= 0.6 is 11.6 Å². The molecule has 0 heterocycles. The molecule has 0 radical (unpaired) electrons. The molecule has 1 aromatic carbocycles. The lowest BCUT2D eigenvalue weighted by molar-refractivity contribution is -0.130. The lowest BCUT2D eigenvalue weighted by atomic mass is 9.82. The molecule has 1 aliphatic carbocycles. The summed E-state index contributed by atoms with van der Waals surface area (Å²) < 4.78 is 0. The average Bonchev–Trinajstić information content (AvgIpc) is 2.20. The number of ketones is 2. The van der Waals surface area contributed by atoms with Crippen molar-refractivity contribution in [3.05, 3.63) is 34.3 Å². The largest absolute Gasteiger partial charge is 0.299 e. The molecule has 2 nitrogen and oxygen atoms in total. The zero-order valence-corrected chi connectivity index (χ0v) is 9.88. The molecular weight excluding hydrogens is 224 g/mol. The highest BCUT2D eigenvalue weighted by molar-refractivity contribution is 6.31. The fourth-order valence-electron chi connectivity index (χ4n) is 2.18. The molecule has 0 spiro atoms. The molecule has 2 rings (SSSR count). The smallest absolute Gasteiger partial charge is 0.140 e. The van der Waals surface area contributed by atoms with E-state index >= 15 is 0 Å². The van der Waals surface area contributed by atoms with Gasteiger partial charge in [-0.3, -0.25) is 9.59 Å². The molecule has 3 heteroatoms. The van der Waals surface area contributed by atoms with Crippen molar-refractivity contribution in [1.82, 2.24) is 0 Å². The van der Waals surface area contributed by atoms with Gasteiger partial charge in [0.25, 0.3) is 0 Å². The lowest BCUT2D eigenvalue weighted by Gasteiger charge is -2.21. The minimum atomic E-state index is -0.0267. The first-order valence-electron chi connectivity index (χ1n) is 5.35. The molecule has 84 valence electrons. The van der Waals surface area contributed by atoms with E-state index < -0.39 is 0 Å². The third kappa shape index (κ3) is 2.33. The van der Waals surface area contributed by atoms with Crippen LogP contribution in [-0.2, 0) is 9.59 Å². The third-order valence-corrected chi connectivity index (χ3v) is 3.28. The quantitative estimate of drug-likeness (QED) is 0.703. The Labute approximate surface area is 99.6 Å². The standard InChI is InChI=1S/C13H13ClO2/c1-8-2-3-13(14)12(4-8)9-5-10(15)7-11(16)6-9/h2-4,9H,5-7H2,1H3. The van der Waals surface area contributed by atoms with E-state index in [0.717, 1.165) is 11.1 Å². The molecule has 1 fully saturated rings. The second-order valence-corrected chi connectivity index (χ2v) is 4.79. The number of halogens is 1. The van der Waals surface area contributed by atoms with E-state index in [2.05, 4.69) is 0 Å². The molecule has 0 atom stereocenters. The Hall–Kier alpha value is -1.15. The van der Waals surface area contributed by atoms with Crippen molar-refractivity contribution in [2.45, 2.75) is 32.1 Å². The maximum absolute atomic E-state index is 11.4. The van der Waals surface area contributed by atoms with Crippen LogP contribution < -0.4 is 0 Å². The average molecular weight is 237 g/mol. The normalized spacial score (nSPS) is 17.9. The molecular formula is C13H13ClO2. The number of carbonyl (C=O) groups excluding carboxylic acids is 2. The van der Waals surface area contributed by atoms with Gasteiger partial charge in [0.15, 0.2) is 0 Å². The zero-order chi connectivity index (χ0) is 11.7. The highest BCUT2D eigenvalue weighted by Gasteiger charge is 2.27. The molecule has 0 unspecified atom stereocenters. The lowest BCUT2D eigenvalue weighted by Crippen LogP contribution is -2.21. The van der Waals surface area contributed by atoms with Gasteiger partial charge in [0.1, 0.15) is 11.6 Å². The minimum absolute atomic E-state index is 0.0267. The van der Waals surface area contributed by atoms with Crippen LogP contribution in [0.3, 0.4) is 0 Å². The third-order valence-electron chi connectivity index (χ3n) is 2.93. The Balaban J connectivity index is 2.32. The number of benzene rings is 1. The van der Waals surface area contributed by atoms with Crippen LogP contribution in [0, 0.1) is 6.92 Å². The maximum Gasteiger partial charge on any atom is 0.140 e. The van der Waals surface area contributed by atoms with Gasteiger partial charge in [-0.25, -0.2) is 0 Å². The number of hydrogen-bond acceptors (Lipinski definition) is 2. The Bertz CT molecular complexity index is 435.